The lowest BCUT2D eigenvalue weighted by atomic mass is 10.1. The van der Waals surface area contributed by atoms with Crippen LogP contribution in [0.4, 0.5) is 5.82 Å². The highest BCUT2D eigenvalue weighted by atomic mass is 16.1. The molecule has 0 spiro atoms. The predicted molar refractivity (Wildman–Crippen MR) is 97.6 cm³/mol. The van der Waals surface area contributed by atoms with Crippen LogP contribution in [0, 0.1) is 6.92 Å². The van der Waals surface area contributed by atoms with E-state index in [0.717, 1.165) is 22.5 Å². The number of imidazole rings is 1. The molecule has 0 aliphatic carbocycles. The minimum absolute atomic E-state index is 0.192. The maximum absolute atomic E-state index is 12.6. The highest BCUT2D eigenvalue weighted by Gasteiger charge is 2.17. The van der Waals surface area contributed by atoms with Gasteiger partial charge in [-0.15, -0.1) is 0 Å². The molecule has 0 radical (unpaired) electrons. The van der Waals surface area contributed by atoms with Gasteiger partial charge in [-0.3, -0.25) is 14.2 Å². The number of fused-ring (bicyclic) bond motifs is 1. The van der Waals surface area contributed by atoms with E-state index >= 15 is 0 Å². The first-order chi connectivity index (χ1) is 12.2. The molecule has 0 aliphatic heterocycles. The summed E-state index contributed by atoms with van der Waals surface area (Å²) in [6, 6.07) is 17.2. The molecule has 0 unspecified atom stereocenters. The summed E-state index contributed by atoms with van der Waals surface area (Å²) in [5.74, 6) is 0.467. The van der Waals surface area contributed by atoms with E-state index < -0.39 is 0 Å². The fourth-order valence-corrected chi connectivity index (χ4v) is 2.80. The smallest absolute Gasteiger partial charge is 0.256 e. The van der Waals surface area contributed by atoms with Gasteiger partial charge in [-0.2, -0.15) is 0 Å². The zero-order valence-electron chi connectivity index (χ0n) is 13.7. The summed E-state index contributed by atoms with van der Waals surface area (Å²) >= 11 is 0. The van der Waals surface area contributed by atoms with Crippen molar-refractivity contribution in [2.75, 3.05) is 5.32 Å². The van der Waals surface area contributed by atoms with Gasteiger partial charge in [0.2, 0.25) is 0 Å². The number of hydrogen-bond donors (Lipinski definition) is 1. The maximum Gasteiger partial charge on any atom is 0.256 e. The van der Waals surface area contributed by atoms with Crippen LogP contribution >= 0.6 is 0 Å². The number of benzene rings is 1. The molecule has 0 aliphatic rings. The van der Waals surface area contributed by atoms with Crippen LogP contribution in [0.15, 0.2) is 73.2 Å². The average Bonchev–Trinajstić information content (AvgIpc) is 3.03. The fourth-order valence-electron chi connectivity index (χ4n) is 2.80. The van der Waals surface area contributed by atoms with Gasteiger partial charge in [0.1, 0.15) is 17.2 Å². The molecule has 4 aromatic rings. The van der Waals surface area contributed by atoms with E-state index in [-0.39, 0.29) is 5.91 Å². The van der Waals surface area contributed by atoms with Crippen LogP contribution in [-0.4, -0.2) is 20.3 Å². The Hall–Kier alpha value is -3.47. The van der Waals surface area contributed by atoms with E-state index in [2.05, 4.69) is 10.3 Å². The third kappa shape index (κ3) is 2.76. The molecule has 3 heterocycles. The maximum atomic E-state index is 12.6. The second kappa shape index (κ2) is 6.20. The number of aryl methyl sites for hydroxylation is 1. The number of pyridine rings is 2. The molecule has 5 heteroatoms. The molecule has 1 amide bonds. The third-order valence-electron chi connectivity index (χ3n) is 4.07. The zero-order valence-corrected chi connectivity index (χ0v) is 13.7. The Bertz CT molecular complexity index is 1040. The van der Waals surface area contributed by atoms with Gasteiger partial charge in [0.25, 0.3) is 5.91 Å². The number of nitrogens with zero attached hydrogens (tertiary/aromatic N) is 3. The number of rotatable bonds is 3. The number of amides is 1. The molecule has 0 bridgehead atoms. The molecule has 5 nitrogen and oxygen atoms in total. The van der Waals surface area contributed by atoms with Gasteiger partial charge in [-0.25, -0.2) is 4.98 Å². The van der Waals surface area contributed by atoms with E-state index in [1.54, 1.807) is 24.5 Å². The number of nitrogens with one attached hydrogen (secondary N) is 1. The quantitative estimate of drug-likeness (QED) is 0.619. The summed E-state index contributed by atoms with van der Waals surface area (Å²) in [5.41, 5.74) is 4.13. The Balaban J connectivity index is 1.86. The van der Waals surface area contributed by atoms with E-state index in [0.29, 0.717) is 11.4 Å². The van der Waals surface area contributed by atoms with Crippen LogP contribution in [0.2, 0.25) is 0 Å². The standard InChI is InChI=1S/C20H16N4O/c1-14-6-5-13-24-18(14)22-17(15-7-3-2-4-8-15)19(24)23-20(25)16-9-11-21-12-10-16/h2-13H,1H3,(H,23,25). The van der Waals surface area contributed by atoms with Gasteiger partial charge in [0, 0.05) is 29.7 Å². The lowest BCUT2D eigenvalue weighted by Gasteiger charge is -2.08. The van der Waals surface area contributed by atoms with Gasteiger partial charge in [-0.1, -0.05) is 36.4 Å². The normalized spacial score (nSPS) is 10.8. The summed E-state index contributed by atoms with van der Waals surface area (Å²) in [6.45, 7) is 2.01. The van der Waals surface area contributed by atoms with E-state index in [4.69, 9.17) is 4.98 Å². The molecule has 1 aromatic carbocycles. The molecule has 25 heavy (non-hydrogen) atoms. The van der Waals surface area contributed by atoms with Crippen LogP contribution < -0.4 is 5.32 Å². The van der Waals surface area contributed by atoms with Crippen LogP contribution in [0.25, 0.3) is 16.9 Å². The molecular formula is C20H16N4O. The van der Waals surface area contributed by atoms with E-state index in [1.807, 2.05) is 60.0 Å². The summed E-state index contributed by atoms with van der Waals surface area (Å²) in [7, 11) is 0. The Labute approximate surface area is 145 Å². The molecule has 0 fully saturated rings. The zero-order chi connectivity index (χ0) is 17.2. The van der Waals surface area contributed by atoms with Crippen molar-refractivity contribution in [1.82, 2.24) is 14.4 Å². The molecule has 0 saturated heterocycles. The number of hydrogen-bond acceptors (Lipinski definition) is 3. The number of anilines is 1. The van der Waals surface area contributed by atoms with Crippen molar-refractivity contribution in [3.63, 3.8) is 0 Å². The second-order valence-corrected chi connectivity index (χ2v) is 5.75. The van der Waals surface area contributed by atoms with Crippen molar-refractivity contribution in [2.45, 2.75) is 6.92 Å². The summed E-state index contributed by atoms with van der Waals surface area (Å²) in [5, 5.41) is 3.01. The van der Waals surface area contributed by atoms with Crippen molar-refractivity contribution in [3.8, 4) is 11.3 Å². The molecule has 3 aromatic heterocycles. The van der Waals surface area contributed by atoms with Gasteiger partial charge in [-0.05, 0) is 30.7 Å². The highest BCUT2D eigenvalue weighted by Crippen LogP contribution is 2.30. The Morgan fingerprint density at radius 2 is 1.76 bits per heavy atom. The largest absolute Gasteiger partial charge is 0.306 e. The first kappa shape index (κ1) is 15.1. The Kier molecular flexibility index (Phi) is 3.74. The Morgan fingerprint density at radius 3 is 2.52 bits per heavy atom. The molecule has 0 saturated carbocycles. The summed E-state index contributed by atoms with van der Waals surface area (Å²) in [4.78, 5) is 21.4. The molecular weight excluding hydrogens is 312 g/mol. The van der Waals surface area contributed by atoms with Crippen molar-refractivity contribution < 1.29 is 4.79 Å². The minimum atomic E-state index is -0.192. The molecule has 122 valence electrons. The highest BCUT2D eigenvalue weighted by molar-refractivity contribution is 6.05. The number of aromatic nitrogens is 3. The molecule has 0 atom stereocenters. The Morgan fingerprint density at radius 1 is 1.00 bits per heavy atom. The van der Waals surface area contributed by atoms with Gasteiger partial charge >= 0.3 is 0 Å². The van der Waals surface area contributed by atoms with Crippen LogP contribution in [-0.2, 0) is 0 Å². The number of carbonyl (C=O) groups excluding carboxylic acids is 1. The van der Waals surface area contributed by atoms with Crippen molar-refractivity contribution in [3.05, 3.63) is 84.3 Å². The lowest BCUT2D eigenvalue weighted by Crippen LogP contribution is -2.14. The van der Waals surface area contributed by atoms with Crippen molar-refractivity contribution in [2.24, 2.45) is 0 Å². The first-order valence-electron chi connectivity index (χ1n) is 7.98. The minimum Gasteiger partial charge on any atom is -0.306 e. The van der Waals surface area contributed by atoms with Crippen LogP contribution in [0.3, 0.4) is 0 Å². The monoisotopic (exact) mass is 328 g/mol. The van der Waals surface area contributed by atoms with Gasteiger partial charge in [0.05, 0.1) is 0 Å². The van der Waals surface area contributed by atoms with Crippen molar-refractivity contribution >= 4 is 17.4 Å². The predicted octanol–water partition coefficient (Wildman–Crippen LogP) is 3.96. The van der Waals surface area contributed by atoms with E-state index in [1.165, 1.54) is 0 Å². The molecule has 1 N–H and O–H groups in total. The van der Waals surface area contributed by atoms with Crippen LogP contribution in [0.1, 0.15) is 15.9 Å². The van der Waals surface area contributed by atoms with Gasteiger partial charge < -0.3 is 5.32 Å². The topological polar surface area (TPSA) is 59.3 Å². The van der Waals surface area contributed by atoms with Crippen LogP contribution in [0.5, 0.6) is 0 Å². The first-order valence-corrected chi connectivity index (χ1v) is 7.98. The van der Waals surface area contributed by atoms with E-state index in [9.17, 15) is 4.79 Å². The van der Waals surface area contributed by atoms with Gasteiger partial charge in [0.15, 0.2) is 0 Å². The average molecular weight is 328 g/mol. The lowest BCUT2D eigenvalue weighted by molar-refractivity contribution is 0.102. The third-order valence-corrected chi connectivity index (χ3v) is 4.07. The second-order valence-electron chi connectivity index (χ2n) is 5.75. The summed E-state index contributed by atoms with van der Waals surface area (Å²) < 4.78 is 1.91. The summed E-state index contributed by atoms with van der Waals surface area (Å²) in [6.07, 6.45) is 5.11. The fraction of sp³-hybridized carbons (Fsp3) is 0.0500. The number of carbonyl (C=O) groups is 1. The van der Waals surface area contributed by atoms with Crippen molar-refractivity contribution in [1.29, 1.82) is 0 Å². The molecule has 4 rings (SSSR count). The SMILES string of the molecule is Cc1cccn2c(NC(=O)c3ccncc3)c(-c3ccccc3)nc12.